The van der Waals surface area contributed by atoms with Gasteiger partial charge in [-0.2, -0.15) is 0 Å². The molecule has 1 fully saturated rings. The maximum Gasteiger partial charge on any atom is 0.253 e. The molecule has 0 atom stereocenters. The van der Waals surface area contributed by atoms with E-state index in [0.717, 1.165) is 12.8 Å². The zero-order valence-electron chi connectivity index (χ0n) is 9.47. The molecule has 1 aliphatic heterocycles. The number of amides is 1. The lowest BCUT2D eigenvalue weighted by atomic mass is 10.0. The second-order valence-corrected chi connectivity index (χ2v) is 4.33. The fraction of sp³-hybridized carbons (Fsp3) is 0.417. The van der Waals surface area contributed by atoms with Crippen LogP contribution in [0.4, 0.5) is 0 Å². The van der Waals surface area contributed by atoms with Gasteiger partial charge in [0.25, 0.3) is 5.91 Å². The fourth-order valence-electron chi connectivity index (χ4n) is 1.94. The number of hydrogen-bond donors (Lipinski definition) is 3. The monoisotopic (exact) mass is 236 g/mol. The molecule has 4 N–H and O–H groups in total. The lowest BCUT2D eigenvalue weighted by Gasteiger charge is -2.30. The summed E-state index contributed by atoms with van der Waals surface area (Å²) < 4.78 is 0. The van der Waals surface area contributed by atoms with Crippen LogP contribution in [0.15, 0.2) is 18.2 Å². The van der Waals surface area contributed by atoms with Crippen LogP contribution >= 0.6 is 0 Å². The van der Waals surface area contributed by atoms with Crippen LogP contribution in [0.25, 0.3) is 0 Å². The first kappa shape index (κ1) is 11.7. The van der Waals surface area contributed by atoms with Crippen LogP contribution in [-0.2, 0) is 0 Å². The summed E-state index contributed by atoms with van der Waals surface area (Å²) in [5, 5.41) is 18.5. The molecule has 1 aliphatic rings. The van der Waals surface area contributed by atoms with Crippen LogP contribution in [0.5, 0.6) is 11.5 Å². The van der Waals surface area contributed by atoms with Crippen molar-refractivity contribution in [1.82, 2.24) is 4.90 Å². The predicted molar refractivity (Wildman–Crippen MR) is 62.9 cm³/mol. The highest BCUT2D eigenvalue weighted by molar-refractivity contribution is 5.95. The molecule has 0 spiro atoms. The molecule has 92 valence electrons. The van der Waals surface area contributed by atoms with Gasteiger partial charge >= 0.3 is 0 Å². The van der Waals surface area contributed by atoms with E-state index in [2.05, 4.69) is 0 Å². The van der Waals surface area contributed by atoms with E-state index in [-0.39, 0.29) is 23.4 Å². The predicted octanol–water partition coefficient (Wildman–Crippen LogP) is 0.661. The number of likely N-dealkylation sites (tertiary alicyclic amines) is 1. The Labute approximate surface area is 99.5 Å². The fourth-order valence-corrected chi connectivity index (χ4v) is 1.94. The first-order valence-corrected chi connectivity index (χ1v) is 5.65. The first-order valence-electron chi connectivity index (χ1n) is 5.65. The van der Waals surface area contributed by atoms with Crippen molar-refractivity contribution < 1.29 is 15.0 Å². The van der Waals surface area contributed by atoms with Gasteiger partial charge in [0.1, 0.15) is 0 Å². The van der Waals surface area contributed by atoms with Gasteiger partial charge in [0.2, 0.25) is 0 Å². The van der Waals surface area contributed by atoms with Crippen LogP contribution in [0.1, 0.15) is 23.2 Å². The van der Waals surface area contributed by atoms with Crippen molar-refractivity contribution in [2.24, 2.45) is 5.73 Å². The van der Waals surface area contributed by atoms with Gasteiger partial charge in [-0.25, -0.2) is 0 Å². The Morgan fingerprint density at radius 3 is 2.47 bits per heavy atom. The zero-order chi connectivity index (χ0) is 12.4. The van der Waals surface area contributed by atoms with E-state index in [9.17, 15) is 15.0 Å². The van der Waals surface area contributed by atoms with Crippen molar-refractivity contribution in [2.75, 3.05) is 13.1 Å². The number of aromatic hydroxyl groups is 2. The molecule has 1 aromatic rings. The zero-order valence-corrected chi connectivity index (χ0v) is 9.47. The summed E-state index contributed by atoms with van der Waals surface area (Å²) in [4.78, 5) is 13.8. The molecule has 0 aromatic heterocycles. The molecule has 5 heteroatoms. The van der Waals surface area contributed by atoms with E-state index in [0.29, 0.717) is 18.7 Å². The third kappa shape index (κ3) is 2.50. The lowest BCUT2D eigenvalue weighted by molar-refractivity contribution is 0.0714. The smallest absolute Gasteiger partial charge is 0.253 e. The van der Waals surface area contributed by atoms with Gasteiger partial charge in [-0.15, -0.1) is 0 Å². The lowest BCUT2D eigenvalue weighted by Crippen LogP contribution is -2.42. The molecule has 1 aromatic carbocycles. The number of phenols is 2. The van der Waals surface area contributed by atoms with Gasteiger partial charge in [-0.1, -0.05) is 0 Å². The molecule has 1 heterocycles. The Balaban J connectivity index is 2.11. The van der Waals surface area contributed by atoms with E-state index in [1.165, 1.54) is 18.2 Å². The Hall–Kier alpha value is -1.75. The molecule has 0 saturated carbocycles. The average molecular weight is 236 g/mol. The van der Waals surface area contributed by atoms with Crippen LogP contribution in [-0.4, -0.2) is 40.2 Å². The number of nitrogens with two attached hydrogens (primary N) is 1. The summed E-state index contributed by atoms with van der Waals surface area (Å²) in [6.45, 7) is 1.28. The number of rotatable bonds is 1. The van der Waals surface area contributed by atoms with Crippen molar-refractivity contribution in [2.45, 2.75) is 18.9 Å². The molecule has 1 amide bonds. The van der Waals surface area contributed by atoms with E-state index >= 15 is 0 Å². The summed E-state index contributed by atoms with van der Waals surface area (Å²) in [6, 6.07) is 4.28. The van der Waals surface area contributed by atoms with Crippen molar-refractivity contribution in [3.63, 3.8) is 0 Å². The van der Waals surface area contributed by atoms with E-state index in [1.807, 2.05) is 0 Å². The molecule has 0 aliphatic carbocycles. The number of carbonyl (C=O) groups excluding carboxylic acids is 1. The molecule has 17 heavy (non-hydrogen) atoms. The summed E-state index contributed by atoms with van der Waals surface area (Å²) in [5.41, 5.74) is 6.15. The molecule has 1 saturated heterocycles. The molecule has 2 rings (SSSR count). The van der Waals surface area contributed by atoms with Crippen LogP contribution in [0, 0.1) is 0 Å². The SMILES string of the molecule is NC1CCN(C(=O)c2ccc(O)c(O)c2)CC1. The minimum absolute atomic E-state index is 0.132. The van der Waals surface area contributed by atoms with E-state index in [4.69, 9.17) is 5.73 Å². The van der Waals surface area contributed by atoms with Crippen molar-refractivity contribution >= 4 is 5.91 Å². The number of piperidine rings is 1. The van der Waals surface area contributed by atoms with Gasteiger partial charge in [0.15, 0.2) is 11.5 Å². The normalized spacial score (nSPS) is 17.1. The second kappa shape index (κ2) is 4.63. The summed E-state index contributed by atoms with van der Waals surface area (Å²) in [7, 11) is 0. The number of hydrogen-bond acceptors (Lipinski definition) is 4. The Bertz CT molecular complexity index is 426. The molecule has 0 radical (unpaired) electrons. The largest absolute Gasteiger partial charge is 0.504 e. The number of carbonyl (C=O) groups is 1. The van der Waals surface area contributed by atoms with E-state index < -0.39 is 0 Å². The van der Waals surface area contributed by atoms with Gasteiger partial charge in [-0.3, -0.25) is 4.79 Å². The number of phenolic OH excluding ortho intramolecular Hbond substituents is 2. The molecule has 5 nitrogen and oxygen atoms in total. The van der Waals surface area contributed by atoms with Gasteiger partial charge < -0.3 is 20.8 Å². The highest BCUT2D eigenvalue weighted by atomic mass is 16.3. The van der Waals surface area contributed by atoms with Gasteiger partial charge in [0, 0.05) is 24.7 Å². The van der Waals surface area contributed by atoms with Gasteiger partial charge in [-0.05, 0) is 31.0 Å². The average Bonchev–Trinajstić information content (AvgIpc) is 2.33. The van der Waals surface area contributed by atoms with Crippen molar-refractivity contribution in [1.29, 1.82) is 0 Å². The van der Waals surface area contributed by atoms with Gasteiger partial charge in [0.05, 0.1) is 0 Å². The van der Waals surface area contributed by atoms with Crippen molar-refractivity contribution in [3.8, 4) is 11.5 Å². The van der Waals surface area contributed by atoms with E-state index in [1.54, 1.807) is 4.90 Å². The third-order valence-corrected chi connectivity index (χ3v) is 3.05. The highest BCUT2D eigenvalue weighted by Gasteiger charge is 2.22. The summed E-state index contributed by atoms with van der Waals surface area (Å²) in [6.07, 6.45) is 1.60. The standard InChI is InChI=1S/C12H16N2O3/c13-9-3-5-14(6-4-9)12(17)8-1-2-10(15)11(16)7-8/h1-2,7,9,15-16H,3-6,13H2. The second-order valence-electron chi connectivity index (χ2n) is 4.33. The maximum absolute atomic E-state index is 12.1. The number of benzene rings is 1. The molecule has 0 unspecified atom stereocenters. The molecular formula is C12H16N2O3. The maximum atomic E-state index is 12.1. The van der Waals surface area contributed by atoms with Crippen molar-refractivity contribution in [3.05, 3.63) is 23.8 Å². The van der Waals surface area contributed by atoms with Crippen LogP contribution in [0.2, 0.25) is 0 Å². The minimum Gasteiger partial charge on any atom is -0.504 e. The molecular weight excluding hydrogens is 220 g/mol. The Morgan fingerprint density at radius 2 is 1.88 bits per heavy atom. The quantitative estimate of drug-likeness (QED) is 0.625. The topological polar surface area (TPSA) is 86.8 Å². The highest BCUT2D eigenvalue weighted by Crippen LogP contribution is 2.25. The van der Waals surface area contributed by atoms with Crippen LogP contribution in [0.3, 0.4) is 0 Å². The number of nitrogens with zero attached hydrogens (tertiary/aromatic N) is 1. The minimum atomic E-state index is -0.274. The van der Waals surface area contributed by atoms with Crippen LogP contribution < -0.4 is 5.73 Å². The first-order chi connectivity index (χ1) is 8.08. The summed E-state index contributed by atoms with van der Waals surface area (Å²) >= 11 is 0. The molecule has 0 bridgehead atoms. The Morgan fingerprint density at radius 1 is 1.24 bits per heavy atom. The third-order valence-electron chi connectivity index (χ3n) is 3.05. The Kier molecular flexibility index (Phi) is 3.19. The summed E-state index contributed by atoms with van der Waals surface area (Å²) in [5.74, 6) is -0.626.